The van der Waals surface area contributed by atoms with Gasteiger partial charge in [-0.2, -0.15) is 0 Å². The van der Waals surface area contributed by atoms with Gasteiger partial charge in [0.05, 0.1) is 0 Å². The molecule has 0 aliphatic rings. The van der Waals surface area contributed by atoms with E-state index >= 15 is 0 Å². The molecule has 0 unspecified atom stereocenters. The molecule has 0 saturated carbocycles. The Hall–Kier alpha value is -0.680. The topological polar surface area (TPSA) is 17.1 Å². The van der Waals surface area contributed by atoms with Crippen molar-refractivity contribution in [2.24, 2.45) is 5.41 Å². The van der Waals surface area contributed by atoms with Gasteiger partial charge in [-0.1, -0.05) is 39.3 Å². The van der Waals surface area contributed by atoms with Crippen LogP contribution in [-0.4, -0.2) is 0 Å². The van der Waals surface area contributed by atoms with E-state index in [0.717, 1.165) is 11.7 Å². The summed E-state index contributed by atoms with van der Waals surface area (Å²) in [6.45, 7) is 6.86. The Kier molecular flexibility index (Phi) is 5.15. The second-order valence-corrected chi connectivity index (χ2v) is 6.22. The third kappa shape index (κ3) is 5.42. The normalized spacial score (nSPS) is 11.9. The van der Waals surface area contributed by atoms with E-state index in [0.29, 0.717) is 5.41 Å². The van der Waals surface area contributed by atoms with Gasteiger partial charge in [0.2, 0.25) is 0 Å². The van der Waals surface area contributed by atoms with E-state index in [-0.39, 0.29) is 8.46 Å². The summed E-state index contributed by atoms with van der Waals surface area (Å²) in [6, 6.07) is 8.04. The summed E-state index contributed by atoms with van der Waals surface area (Å²) in [6.07, 6.45) is 4.94. The molecule has 0 aromatic heterocycles. The number of unbranched alkanes of at least 4 members (excludes halogenated alkanes) is 1. The van der Waals surface area contributed by atoms with E-state index in [1.165, 1.54) is 24.8 Å². The smallest absolute Gasteiger partial charge is 0.192 e. The Labute approximate surface area is 100 Å². The quantitative estimate of drug-likeness (QED) is 0.548. The van der Waals surface area contributed by atoms with Gasteiger partial charge in [0, 0.05) is 5.30 Å². The van der Waals surface area contributed by atoms with Gasteiger partial charge in [0.25, 0.3) is 0 Å². The first-order valence-corrected chi connectivity index (χ1v) is 6.75. The number of rotatable bonds is 5. The number of aryl methyl sites for hydroxylation is 1. The first-order valence-electron chi connectivity index (χ1n) is 5.93. The fraction of sp³-hybridized carbons (Fsp3) is 0.571. The molecule has 0 radical (unpaired) electrons. The minimum Gasteiger partial charge on any atom is -0.269 e. The van der Waals surface area contributed by atoms with Gasteiger partial charge in [0.15, 0.2) is 8.46 Å². The van der Waals surface area contributed by atoms with Gasteiger partial charge in [-0.15, -0.1) is 0 Å². The Morgan fingerprint density at radius 1 is 1.06 bits per heavy atom. The van der Waals surface area contributed by atoms with Crippen molar-refractivity contribution < 1.29 is 4.57 Å². The van der Waals surface area contributed by atoms with E-state index in [2.05, 4.69) is 32.9 Å². The van der Waals surface area contributed by atoms with Crippen LogP contribution in [0.5, 0.6) is 0 Å². The third-order valence-electron chi connectivity index (χ3n) is 2.68. The zero-order valence-electron chi connectivity index (χ0n) is 10.5. The van der Waals surface area contributed by atoms with Crippen molar-refractivity contribution in [3.63, 3.8) is 0 Å². The highest BCUT2D eigenvalue weighted by Gasteiger charge is 2.08. The Balaban J connectivity index is 2.29. The van der Waals surface area contributed by atoms with E-state index < -0.39 is 0 Å². The lowest BCUT2D eigenvalue weighted by Gasteiger charge is -2.17. The van der Waals surface area contributed by atoms with Crippen molar-refractivity contribution in [2.75, 3.05) is 0 Å². The van der Waals surface area contributed by atoms with Crippen LogP contribution in [0.25, 0.3) is 0 Å². The fourth-order valence-corrected chi connectivity index (χ4v) is 1.98. The molecular weight excluding hydrogens is 215 g/mol. The Morgan fingerprint density at radius 3 is 2.19 bits per heavy atom. The molecule has 0 saturated heterocycles. The lowest BCUT2D eigenvalue weighted by Crippen LogP contribution is -2.04. The standard InChI is InChI=1S/C14H21OP/c1-14(2,3)11-5-4-6-12-7-9-13(16-15)10-8-12/h7-10H,4-6,11H2,1-3H3. The SMILES string of the molecule is CC(C)(C)CCCCc1ccc(P=O)cc1. The van der Waals surface area contributed by atoms with E-state index in [1.54, 1.807) is 0 Å². The van der Waals surface area contributed by atoms with Crippen LogP contribution in [0.1, 0.15) is 45.6 Å². The lowest BCUT2D eigenvalue weighted by molar-refractivity contribution is 0.360. The number of hydrogen-bond acceptors (Lipinski definition) is 1. The maximum Gasteiger partial charge on any atom is 0.192 e. The van der Waals surface area contributed by atoms with Crippen LogP contribution in [0, 0.1) is 5.41 Å². The minimum atomic E-state index is 0.115. The molecule has 88 valence electrons. The molecule has 0 atom stereocenters. The number of hydrogen-bond donors (Lipinski definition) is 0. The zero-order chi connectivity index (χ0) is 12.0. The zero-order valence-corrected chi connectivity index (χ0v) is 11.4. The Morgan fingerprint density at radius 2 is 1.69 bits per heavy atom. The molecule has 0 spiro atoms. The van der Waals surface area contributed by atoms with Crippen LogP contribution in [0.2, 0.25) is 0 Å². The molecule has 0 aliphatic heterocycles. The molecule has 0 aliphatic carbocycles. The van der Waals surface area contributed by atoms with Gasteiger partial charge >= 0.3 is 0 Å². The lowest BCUT2D eigenvalue weighted by atomic mass is 9.89. The van der Waals surface area contributed by atoms with Gasteiger partial charge in [-0.25, -0.2) is 0 Å². The van der Waals surface area contributed by atoms with Crippen molar-refractivity contribution in [1.29, 1.82) is 0 Å². The summed E-state index contributed by atoms with van der Waals surface area (Å²) in [5.41, 5.74) is 1.80. The molecule has 1 aromatic carbocycles. The highest BCUT2D eigenvalue weighted by atomic mass is 31.1. The molecule has 0 N–H and O–H groups in total. The van der Waals surface area contributed by atoms with Gasteiger partial charge in [-0.3, -0.25) is 4.57 Å². The molecule has 1 aromatic rings. The summed E-state index contributed by atoms with van der Waals surface area (Å²) >= 11 is 0. The number of benzene rings is 1. The molecule has 0 amide bonds. The molecule has 0 heterocycles. The van der Waals surface area contributed by atoms with Gasteiger partial charge in [0.1, 0.15) is 0 Å². The highest BCUT2D eigenvalue weighted by molar-refractivity contribution is 7.34. The fourth-order valence-electron chi connectivity index (χ4n) is 1.71. The van der Waals surface area contributed by atoms with E-state index in [1.807, 2.05) is 12.1 Å². The van der Waals surface area contributed by atoms with Crippen molar-refractivity contribution in [2.45, 2.75) is 46.5 Å². The molecule has 16 heavy (non-hydrogen) atoms. The summed E-state index contributed by atoms with van der Waals surface area (Å²) in [5, 5.41) is 0.860. The van der Waals surface area contributed by atoms with Gasteiger partial charge < -0.3 is 0 Å². The maximum absolute atomic E-state index is 10.6. The average molecular weight is 236 g/mol. The molecule has 2 heteroatoms. The highest BCUT2D eigenvalue weighted by Crippen LogP contribution is 2.22. The van der Waals surface area contributed by atoms with Crippen molar-refractivity contribution in [1.82, 2.24) is 0 Å². The van der Waals surface area contributed by atoms with Crippen molar-refractivity contribution in [3.05, 3.63) is 29.8 Å². The van der Waals surface area contributed by atoms with Crippen molar-refractivity contribution in [3.8, 4) is 0 Å². The average Bonchev–Trinajstić information content (AvgIpc) is 2.24. The second-order valence-electron chi connectivity index (χ2n) is 5.53. The van der Waals surface area contributed by atoms with Crippen LogP contribution in [-0.2, 0) is 11.0 Å². The molecule has 1 rings (SSSR count). The monoisotopic (exact) mass is 236 g/mol. The first kappa shape index (κ1) is 13.4. The van der Waals surface area contributed by atoms with Crippen LogP contribution < -0.4 is 5.30 Å². The minimum absolute atomic E-state index is 0.115. The Bertz CT molecular complexity index is 322. The predicted octanol–water partition coefficient (Wildman–Crippen LogP) is 4.36. The summed E-state index contributed by atoms with van der Waals surface area (Å²) < 4.78 is 10.6. The van der Waals surface area contributed by atoms with E-state index in [9.17, 15) is 4.57 Å². The van der Waals surface area contributed by atoms with Crippen molar-refractivity contribution >= 4 is 13.8 Å². The van der Waals surface area contributed by atoms with Gasteiger partial charge in [-0.05, 0) is 42.4 Å². The summed E-state index contributed by atoms with van der Waals surface area (Å²) in [7, 11) is 0.115. The first-order chi connectivity index (χ1) is 7.51. The molecular formula is C14H21OP. The maximum atomic E-state index is 10.6. The predicted molar refractivity (Wildman–Crippen MR) is 70.7 cm³/mol. The van der Waals surface area contributed by atoms with E-state index in [4.69, 9.17) is 0 Å². The van der Waals surface area contributed by atoms with Crippen LogP contribution in [0.3, 0.4) is 0 Å². The van der Waals surface area contributed by atoms with Crippen LogP contribution in [0.4, 0.5) is 0 Å². The third-order valence-corrected chi connectivity index (χ3v) is 3.19. The molecule has 1 nitrogen and oxygen atoms in total. The van der Waals surface area contributed by atoms with Crippen LogP contribution >= 0.6 is 8.46 Å². The second kappa shape index (κ2) is 6.15. The summed E-state index contributed by atoms with van der Waals surface area (Å²) in [5.74, 6) is 0. The molecule has 0 fully saturated rings. The molecule has 0 bridgehead atoms. The summed E-state index contributed by atoms with van der Waals surface area (Å²) in [4.78, 5) is 0. The largest absolute Gasteiger partial charge is 0.269 e. The van der Waals surface area contributed by atoms with Crippen LogP contribution in [0.15, 0.2) is 24.3 Å².